The van der Waals surface area contributed by atoms with E-state index in [-0.39, 0.29) is 23.4 Å². The fourth-order valence-electron chi connectivity index (χ4n) is 2.80. The topological polar surface area (TPSA) is 18.5 Å². The van der Waals surface area contributed by atoms with Crippen LogP contribution in [0.4, 0.5) is 0 Å². The quantitative estimate of drug-likeness (QED) is 0.654. The standard InChI is InChI=1S/C18H34O2/c1-13-10-9-11-14(2)16(20-18(6,7)8)15(12-13)19-17(3,4)5/h10,14-16H,9,11-12H2,1-8H3/b13-10-. The van der Waals surface area contributed by atoms with Crippen LogP contribution in [0.5, 0.6) is 0 Å². The maximum Gasteiger partial charge on any atom is 0.0883 e. The average molecular weight is 282 g/mol. The highest BCUT2D eigenvalue weighted by Gasteiger charge is 2.35. The van der Waals surface area contributed by atoms with Gasteiger partial charge in [0.15, 0.2) is 0 Å². The zero-order valence-corrected chi connectivity index (χ0v) is 14.7. The molecule has 0 heterocycles. The molecule has 0 saturated carbocycles. The van der Waals surface area contributed by atoms with Crippen LogP contribution < -0.4 is 0 Å². The Morgan fingerprint density at radius 2 is 1.55 bits per heavy atom. The molecule has 0 aromatic carbocycles. The molecular weight excluding hydrogens is 248 g/mol. The Hall–Kier alpha value is -0.340. The van der Waals surface area contributed by atoms with E-state index in [1.54, 1.807) is 0 Å². The van der Waals surface area contributed by atoms with Crippen molar-refractivity contribution in [3.05, 3.63) is 11.6 Å². The highest BCUT2D eigenvalue weighted by Crippen LogP contribution is 2.32. The molecule has 0 saturated heterocycles. The molecule has 0 aromatic rings. The molecule has 0 spiro atoms. The van der Waals surface area contributed by atoms with E-state index in [4.69, 9.17) is 9.47 Å². The van der Waals surface area contributed by atoms with Crippen LogP contribution in [0.15, 0.2) is 11.6 Å². The normalized spacial score (nSPS) is 32.2. The number of allylic oxidation sites excluding steroid dienone is 1. The van der Waals surface area contributed by atoms with Crippen molar-refractivity contribution in [1.29, 1.82) is 0 Å². The van der Waals surface area contributed by atoms with E-state index in [9.17, 15) is 0 Å². The summed E-state index contributed by atoms with van der Waals surface area (Å²) in [6, 6.07) is 0. The maximum absolute atomic E-state index is 6.38. The Morgan fingerprint density at radius 3 is 2.05 bits per heavy atom. The number of hydrogen-bond donors (Lipinski definition) is 0. The van der Waals surface area contributed by atoms with Gasteiger partial charge in [-0.15, -0.1) is 0 Å². The van der Waals surface area contributed by atoms with Gasteiger partial charge in [0.05, 0.1) is 23.4 Å². The van der Waals surface area contributed by atoms with E-state index in [0.717, 1.165) is 12.8 Å². The first-order chi connectivity index (χ1) is 8.98. The molecule has 0 fully saturated rings. The van der Waals surface area contributed by atoms with Gasteiger partial charge in [0.2, 0.25) is 0 Å². The molecule has 2 nitrogen and oxygen atoms in total. The summed E-state index contributed by atoms with van der Waals surface area (Å²) in [5.41, 5.74) is 1.16. The monoisotopic (exact) mass is 282 g/mol. The molecule has 20 heavy (non-hydrogen) atoms. The Morgan fingerprint density at radius 1 is 1.00 bits per heavy atom. The minimum Gasteiger partial charge on any atom is -0.370 e. The predicted molar refractivity (Wildman–Crippen MR) is 86.0 cm³/mol. The summed E-state index contributed by atoms with van der Waals surface area (Å²) in [6.45, 7) is 17.3. The van der Waals surface area contributed by atoms with E-state index in [2.05, 4.69) is 61.5 Å². The summed E-state index contributed by atoms with van der Waals surface area (Å²) in [5, 5.41) is 0. The van der Waals surface area contributed by atoms with Crippen LogP contribution in [-0.2, 0) is 9.47 Å². The van der Waals surface area contributed by atoms with E-state index in [1.807, 2.05) is 0 Å². The molecule has 1 aliphatic rings. The first kappa shape index (κ1) is 17.7. The summed E-state index contributed by atoms with van der Waals surface area (Å²) in [7, 11) is 0. The fraction of sp³-hybridized carbons (Fsp3) is 0.889. The van der Waals surface area contributed by atoms with Crippen LogP contribution in [0, 0.1) is 5.92 Å². The van der Waals surface area contributed by atoms with Gasteiger partial charge in [0.1, 0.15) is 0 Å². The molecule has 118 valence electrons. The van der Waals surface area contributed by atoms with Crippen molar-refractivity contribution in [2.24, 2.45) is 5.92 Å². The van der Waals surface area contributed by atoms with Crippen molar-refractivity contribution in [1.82, 2.24) is 0 Å². The van der Waals surface area contributed by atoms with Crippen molar-refractivity contribution in [3.63, 3.8) is 0 Å². The van der Waals surface area contributed by atoms with Crippen LogP contribution in [0.3, 0.4) is 0 Å². The smallest absolute Gasteiger partial charge is 0.0883 e. The van der Waals surface area contributed by atoms with Crippen molar-refractivity contribution in [2.75, 3.05) is 0 Å². The molecule has 0 aromatic heterocycles. The Kier molecular flexibility index (Phi) is 5.86. The Bertz CT molecular complexity index is 330. The summed E-state index contributed by atoms with van der Waals surface area (Å²) in [5.74, 6) is 0.519. The van der Waals surface area contributed by atoms with Gasteiger partial charge < -0.3 is 9.47 Å². The predicted octanol–water partition coefficient (Wildman–Crippen LogP) is 5.12. The van der Waals surface area contributed by atoms with E-state index in [1.165, 1.54) is 12.0 Å². The number of rotatable bonds is 2. The SMILES string of the molecule is C/C1=C/CCC(C)C(OC(C)(C)C)C(OC(C)(C)C)C1. The van der Waals surface area contributed by atoms with Crippen molar-refractivity contribution in [2.45, 2.75) is 98.1 Å². The van der Waals surface area contributed by atoms with Crippen LogP contribution in [0.2, 0.25) is 0 Å². The highest BCUT2D eigenvalue weighted by molar-refractivity contribution is 5.04. The van der Waals surface area contributed by atoms with Gasteiger partial charge in [-0.2, -0.15) is 0 Å². The summed E-state index contributed by atoms with van der Waals surface area (Å²) in [4.78, 5) is 0. The van der Waals surface area contributed by atoms with Gasteiger partial charge in [-0.05, 0) is 73.6 Å². The van der Waals surface area contributed by atoms with Crippen molar-refractivity contribution in [3.8, 4) is 0 Å². The molecule has 1 aliphatic carbocycles. The summed E-state index contributed by atoms with van der Waals surface area (Å²) < 4.78 is 12.7. The largest absolute Gasteiger partial charge is 0.370 e. The average Bonchev–Trinajstić information content (AvgIpc) is 2.20. The van der Waals surface area contributed by atoms with Gasteiger partial charge >= 0.3 is 0 Å². The molecule has 2 heteroatoms. The third-order valence-corrected chi connectivity index (χ3v) is 3.56. The van der Waals surface area contributed by atoms with Crippen LogP contribution in [0.1, 0.15) is 74.7 Å². The fourth-order valence-corrected chi connectivity index (χ4v) is 2.80. The lowest BCUT2D eigenvalue weighted by molar-refractivity contribution is -0.178. The van der Waals surface area contributed by atoms with Crippen molar-refractivity contribution >= 4 is 0 Å². The molecule has 0 amide bonds. The number of hydrogen-bond acceptors (Lipinski definition) is 2. The second-order valence-electron chi connectivity index (χ2n) is 8.27. The first-order valence-electron chi connectivity index (χ1n) is 7.99. The molecule has 1 rings (SSSR count). The van der Waals surface area contributed by atoms with Gasteiger partial charge in [0, 0.05) is 0 Å². The molecule has 0 bridgehead atoms. The van der Waals surface area contributed by atoms with Crippen LogP contribution in [0.25, 0.3) is 0 Å². The molecule has 0 radical (unpaired) electrons. The Labute approximate surface area is 125 Å². The second-order valence-corrected chi connectivity index (χ2v) is 8.27. The maximum atomic E-state index is 6.38. The number of ether oxygens (including phenoxy) is 2. The summed E-state index contributed by atoms with van der Waals surface area (Å²) >= 11 is 0. The van der Waals surface area contributed by atoms with Crippen LogP contribution in [-0.4, -0.2) is 23.4 Å². The lowest BCUT2D eigenvalue weighted by atomic mass is 9.87. The molecule has 3 atom stereocenters. The minimum absolute atomic E-state index is 0.130. The van der Waals surface area contributed by atoms with Crippen molar-refractivity contribution < 1.29 is 9.47 Å². The van der Waals surface area contributed by atoms with Crippen LogP contribution >= 0.6 is 0 Å². The van der Waals surface area contributed by atoms with E-state index in [0.29, 0.717) is 5.92 Å². The second kappa shape index (κ2) is 6.62. The molecular formula is C18H34O2. The van der Waals surface area contributed by atoms with E-state index < -0.39 is 0 Å². The summed E-state index contributed by atoms with van der Waals surface area (Å²) in [6.07, 6.45) is 5.96. The zero-order chi connectivity index (χ0) is 15.6. The van der Waals surface area contributed by atoms with Gasteiger partial charge in [-0.1, -0.05) is 18.6 Å². The first-order valence-corrected chi connectivity index (χ1v) is 7.99. The molecule has 3 unspecified atom stereocenters. The molecule has 0 N–H and O–H groups in total. The third-order valence-electron chi connectivity index (χ3n) is 3.56. The third kappa shape index (κ3) is 6.41. The van der Waals surface area contributed by atoms with Gasteiger partial charge in [-0.25, -0.2) is 0 Å². The molecule has 0 aliphatic heterocycles. The lowest BCUT2D eigenvalue weighted by Crippen LogP contribution is -2.45. The van der Waals surface area contributed by atoms with Gasteiger partial charge in [0.25, 0.3) is 0 Å². The zero-order valence-electron chi connectivity index (χ0n) is 14.7. The minimum atomic E-state index is -0.136. The van der Waals surface area contributed by atoms with Gasteiger partial charge in [-0.3, -0.25) is 0 Å². The lowest BCUT2D eigenvalue weighted by Gasteiger charge is -2.40. The highest BCUT2D eigenvalue weighted by atomic mass is 16.6. The van der Waals surface area contributed by atoms with E-state index >= 15 is 0 Å². The Balaban J connectivity index is 2.97.